The van der Waals surface area contributed by atoms with Crippen molar-refractivity contribution in [2.45, 2.75) is 18.6 Å². The summed E-state index contributed by atoms with van der Waals surface area (Å²) >= 11 is 0. The minimum Gasteiger partial charge on any atom is -0.386 e. The lowest BCUT2D eigenvalue weighted by Crippen LogP contribution is -2.67. The summed E-state index contributed by atoms with van der Waals surface area (Å²) in [6.45, 7) is 3.42. The molecular weight excluding hydrogens is 116 g/mol. The molecule has 1 unspecified atom stereocenters. The normalized spacial score (nSPS) is 27.0. The van der Waals surface area contributed by atoms with Gasteiger partial charge in [-0.05, 0) is 14.0 Å². The van der Waals surface area contributed by atoms with Crippen molar-refractivity contribution in [3.8, 4) is 0 Å². The summed E-state index contributed by atoms with van der Waals surface area (Å²) in [5.41, 5.74) is -0.491. The first-order valence-electron chi connectivity index (χ1n) is 3.29. The Morgan fingerprint density at radius 3 is 2.33 bits per heavy atom. The van der Waals surface area contributed by atoms with Crippen LogP contribution in [-0.4, -0.2) is 36.9 Å². The van der Waals surface area contributed by atoms with E-state index in [0.717, 1.165) is 13.1 Å². The fourth-order valence-electron chi connectivity index (χ4n) is 0.956. The molecule has 0 radical (unpaired) electrons. The smallest absolute Gasteiger partial charge is 0.104 e. The van der Waals surface area contributed by atoms with Crippen LogP contribution in [0.1, 0.15) is 6.92 Å². The second-order valence-electron chi connectivity index (χ2n) is 2.72. The van der Waals surface area contributed by atoms with E-state index in [2.05, 4.69) is 10.6 Å². The van der Waals surface area contributed by atoms with Gasteiger partial charge < -0.3 is 15.7 Å². The molecule has 0 aliphatic carbocycles. The molecule has 0 aromatic heterocycles. The van der Waals surface area contributed by atoms with E-state index in [9.17, 15) is 5.11 Å². The molecular formula is C6H14N2O. The van der Waals surface area contributed by atoms with Crippen molar-refractivity contribution in [2.24, 2.45) is 0 Å². The van der Waals surface area contributed by atoms with Crippen molar-refractivity contribution >= 4 is 0 Å². The Bertz CT molecular complexity index is 101. The van der Waals surface area contributed by atoms with Crippen LogP contribution in [0.2, 0.25) is 0 Å². The first-order chi connectivity index (χ1) is 4.19. The predicted octanol–water partition coefficient (Wildman–Crippen LogP) is -1.07. The third-order valence-corrected chi connectivity index (χ3v) is 2.10. The van der Waals surface area contributed by atoms with Crippen LogP contribution in [0.15, 0.2) is 0 Å². The topological polar surface area (TPSA) is 44.3 Å². The van der Waals surface area contributed by atoms with E-state index < -0.39 is 5.60 Å². The van der Waals surface area contributed by atoms with Crippen LogP contribution in [0.3, 0.4) is 0 Å². The lowest BCUT2D eigenvalue weighted by Gasteiger charge is -2.42. The largest absolute Gasteiger partial charge is 0.386 e. The lowest BCUT2D eigenvalue weighted by atomic mass is 9.89. The number of rotatable bonds is 2. The Morgan fingerprint density at radius 1 is 1.67 bits per heavy atom. The van der Waals surface area contributed by atoms with Gasteiger partial charge in [-0.15, -0.1) is 0 Å². The van der Waals surface area contributed by atoms with Gasteiger partial charge in [0.15, 0.2) is 0 Å². The van der Waals surface area contributed by atoms with Gasteiger partial charge in [-0.2, -0.15) is 0 Å². The fraction of sp³-hybridized carbons (Fsp3) is 1.00. The van der Waals surface area contributed by atoms with Gasteiger partial charge in [0.2, 0.25) is 0 Å². The van der Waals surface area contributed by atoms with E-state index in [-0.39, 0.29) is 6.04 Å². The SMILES string of the molecule is CNC(C)C1(O)CNC1. The van der Waals surface area contributed by atoms with Crippen LogP contribution >= 0.6 is 0 Å². The summed E-state index contributed by atoms with van der Waals surface area (Å²) in [6.07, 6.45) is 0. The molecule has 9 heavy (non-hydrogen) atoms. The molecule has 0 aromatic rings. The van der Waals surface area contributed by atoms with Crippen LogP contribution in [0.25, 0.3) is 0 Å². The van der Waals surface area contributed by atoms with Crippen LogP contribution in [0, 0.1) is 0 Å². The average Bonchev–Trinajstić information content (AvgIpc) is 1.81. The van der Waals surface area contributed by atoms with Crippen molar-refractivity contribution < 1.29 is 5.11 Å². The Balaban J connectivity index is 2.38. The highest BCUT2D eigenvalue weighted by atomic mass is 16.3. The molecule has 0 saturated carbocycles. The Morgan fingerprint density at radius 2 is 2.22 bits per heavy atom. The molecule has 0 aromatic carbocycles. The molecule has 3 heteroatoms. The average molecular weight is 130 g/mol. The second-order valence-corrected chi connectivity index (χ2v) is 2.72. The highest BCUT2D eigenvalue weighted by Gasteiger charge is 2.38. The number of aliphatic hydroxyl groups is 1. The third-order valence-electron chi connectivity index (χ3n) is 2.10. The Hall–Kier alpha value is -0.120. The maximum absolute atomic E-state index is 9.55. The van der Waals surface area contributed by atoms with Gasteiger partial charge in [-0.25, -0.2) is 0 Å². The molecule has 1 fully saturated rings. The molecule has 54 valence electrons. The molecule has 1 saturated heterocycles. The zero-order valence-corrected chi connectivity index (χ0v) is 5.94. The first kappa shape index (κ1) is 6.99. The van der Waals surface area contributed by atoms with Crippen molar-refractivity contribution in [1.29, 1.82) is 0 Å². The minimum absolute atomic E-state index is 0.193. The van der Waals surface area contributed by atoms with Gasteiger partial charge in [0.05, 0.1) is 0 Å². The molecule has 1 aliphatic rings. The molecule has 3 N–H and O–H groups in total. The first-order valence-corrected chi connectivity index (χ1v) is 3.29. The molecule has 0 amide bonds. The van der Waals surface area contributed by atoms with E-state index in [0.29, 0.717) is 0 Å². The zero-order valence-electron chi connectivity index (χ0n) is 5.94. The Kier molecular flexibility index (Phi) is 1.75. The Labute approximate surface area is 55.5 Å². The van der Waals surface area contributed by atoms with Crippen LogP contribution in [-0.2, 0) is 0 Å². The van der Waals surface area contributed by atoms with Crippen molar-refractivity contribution in [3.63, 3.8) is 0 Å². The number of hydrogen-bond acceptors (Lipinski definition) is 3. The molecule has 1 heterocycles. The zero-order chi connectivity index (χ0) is 6.91. The van der Waals surface area contributed by atoms with Gasteiger partial charge in [-0.1, -0.05) is 0 Å². The predicted molar refractivity (Wildman–Crippen MR) is 36.3 cm³/mol. The van der Waals surface area contributed by atoms with E-state index in [1.165, 1.54) is 0 Å². The maximum atomic E-state index is 9.55. The monoisotopic (exact) mass is 130 g/mol. The van der Waals surface area contributed by atoms with Crippen LogP contribution in [0.4, 0.5) is 0 Å². The highest BCUT2D eigenvalue weighted by Crippen LogP contribution is 2.14. The van der Waals surface area contributed by atoms with Gasteiger partial charge in [-0.3, -0.25) is 0 Å². The molecule has 0 spiro atoms. The van der Waals surface area contributed by atoms with E-state index >= 15 is 0 Å². The highest BCUT2D eigenvalue weighted by molar-refractivity contribution is 4.99. The second kappa shape index (κ2) is 2.25. The van der Waals surface area contributed by atoms with Gasteiger partial charge in [0.25, 0.3) is 0 Å². The van der Waals surface area contributed by atoms with Gasteiger partial charge in [0.1, 0.15) is 5.60 Å². The molecule has 3 nitrogen and oxygen atoms in total. The standard InChI is InChI=1S/C6H14N2O/c1-5(7-2)6(9)3-8-4-6/h5,7-9H,3-4H2,1-2H3. The molecule has 1 aliphatic heterocycles. The van der Waals surface area contributed by atoms with Crippen molar-refractivity contribution in [3.05, 3.63) is 0 Å². The lowest BCUT2D eigenvalue weighted by molar-refractivity contribution is -0.0358. The van der Waals surface area contributed by atoms with E-state index in [1.807, 2.05) is 14.0 Å². The summed E-state index contributed by atoms with van der Waals surface area (Å²) in [6, 6.07) is 0.193. The quantitative estimate of drug-likeness (QED) is 0.446. The van der Waals surface area contributed by atoms with Crippen LogP contribution < -0.4 is 10.6 Å². The summed E-state index contributed by atoms with van der Waals surface area (Å²) in [5, 5.41) is 15.6. The number of β-amino-alcohol motifs (C(OH)–C–C–N with tert-alkyl or cyclic N) is 1. The summed E-state index contributed by atoms with van der Waals surface area (Å²) < 4.78 is 0. The number of nitrogens with one attached hydrogen (secondary N) is 2. The molecule has 1 rings (SSSR count). The fourth-order valence-corrected chi connectivity index (χ4v) is 0.956. The summed E-state index contributed by atoms with van der Waals surface area (Å²) in [7, 11) is 1.86. The van der Waals surface area contributed by atoms with Gasteiger partial charge in [0, 0.05) is 19.1 Å². The van der Waals surface area contributed by atoms with E-state index in [4.69, 9.17) is 0 Å². The number of likely N-dealkylation sites (N-methyl/N-ethyl adjacent to an activating group) is 1. The van der Waals surface area contributed by atoms with E-state index in [1.54, 1.807) is 0 Å². The third kappa shape index (κ3) is 1.08. The molecule has 1 atom stereocenters. The summed E-state index contributed by atoms with van der Waals surface area (Å²) in [5.74, 6) is 0. The maximum Gasteiger partial charge on any atom is 0.104 e. The van der Waals surface area contributed by atoms with Crippen molar-refractivity contribution in [2.75, 3.05) is 20.1 Å². The van der Waals surface area contributed by atoms with Crippen molar-refractivity contribution in [1.82, 2.24) is 10.6 Å². The number of hydrogen-bond donors (Lipinski definition) is 3. The van der Waals surface area contributed by atoms with Gasteiger partial charge >= 0.3 is 0 Å². The summed E-state index contributed by atoms with van der Waals surface area (Å²) in [4.78, 5) is 0. The van der Waals surface area contributed by atoms with Crippen LogP contribution in [0.5, 0.6) is 0 Å². The minimum atomic E-state index is -0.491. The molecule has 0 bridgehead atoms.